The smallest absolute Gasteiger partial charge is 0.308 e. The van der Waals surface area contributed by atoms with E-state index in [1.165, 1.54) is 45.6 Å². The number of hydrogen-bond donors (Lipinski definition) is 0. The van der Waals surface area contributed by atoms with Crippen molar-refractivity contribution in [1.82, 2.24) is 0 Å². The van der Waals surface area contributed by atoms with Crippen molar-refractivity contribution in [2.24, 2.45) is 23.7 Å². The number of benzene rings is 2. The topological polar surface area (TPSA) is 52.6 Å². The number of rotatable bonds is 9. The molecule has 35 heavy (non-hydrogen) atoms. The van der Waals surface area contributed by atoms with Crippen molar-refractivity contribution in [2.45, 2.75) is 84.0 Å². The van der Waals surface area contributed by atoms with Crippen molar-refractivity contribution < 1.29 is 19.1 Å². The van der Waals surface area contributed by atoms with E-state index in [1.54, 1.807) is 0 Å². The fourth-order valence-corrected chi connectivity index (χ4v) is 6.60. The molecule has 2 aromatic carbocycles. The monoisotopic (exact) mass is 478 g/mol. The van der Waals surface area contributed by atoms with E-state index in [4.69, 9.17) is 9.47 Å². The second-order valence-corrected chi connectivity index (χ2v) is 10.8. The van der Waals surface area contributed by atoms with E-state index < -0.39 is 0 Å². The van der Waals surface area contributed by atoms with Gasteiger partial charge in [0, 0.05) is 11.8 Å². The summed E-state index contributed by atoms with van der Waals surface area (Å²) >= 11 is 0. The summed E-state index contributed by atoms with van der Waals surface area (Å²) in [5.41, 5.74) is 0.683. The van der Waals surface area contributed by atoms with Crippen LogP contribution < -0.4 is 4.74 Å². The first-order chi connectivity index (χ1) is 17.1. The van der Waals surface area contributed by atoms with Gasteiger partial charge in [0.25, 0.3) is 0 Å². The minimum absolute atomic E-state index is 0.0314. The first kappa shape index (κ1) is 25.7. The Morgan fingerprint density at radius 2 is 1.69 bits per heavy atom. The highest BCUT2D eigenvalue weighted by molar-refractivity contribution is 6.04. The maximum atomic E-state index is 13.4. The molecule has 0 amide bonds. The van der Waals surface area contributed by atoms with Gasteiger partial charge in [0.2, 0.25) is 0 Å². The molecular formula is C31H42O4. The van der Waals surface area contributed by atoms with Crippen LogP contribution in [-0.4, -0.2) is 25.5 Å². The number of methoxy groups -OCH3 is 1. The van der Waals surface area contributed by atoms with E-state index in [9.17, 15) is 9.59 Å². The quantitative estimate of drug-likeness (QED) is 0.210. The van der Waals surface area contributed by atoms with Gasteiger partial charge in [0.1, 0.15) is 5.75 Å². The van der Waals surface area contributed by atoms with Crippen molar-refractivity contribution in [1.29, 1.82) is 0 Å². The minimum Gasteiger partial charge on any atom is -0.492 e. The maximum Gasteiger partial charge on any atom is 0.308 e. The predicted octanol–water partition coefficient (Wildman–Crippen LogP) is 7.77. The Labute approximate surface area is 210 Å². The molecule has 2 aliphatic rings. The zero-order valence-corrected chi connectivity index (χ0v) is 21.6. The zero-order chi connectivity index (χ0) is 24.6. The summed E-state index contributed by atoms with van der Waals surface area (Å²) < 4.78 is 11.1. The number of ketones is 1. The first-order valence-electron chi connectivity index (χ1n) is 13.8. The van der Waals surface area contributed by atoms with Gasteiger partial charge in [0.15, 0.2) is 5.78 Å². The molecule has 2 aliphatic carbocycles. The fourth-order valence-electron chi connectivity index (χ4n) is 6.60. The average Bonchev–Trinajstić information content (AvgIpc) is 3.10. The number of carbonyl (C=O) groups is 2. The number of esters is 1. The van der Waals surface area contributed by atoms with Crippen LogP contribution in [0.2, 0.25) is 0 Å². The summed E-state index contributed by atoms with van der Waals surface area (Å²) in [6.45, 7) is 2.49. The normalized spacial score (nSPS) is 23.5. The lowest BCUT2D eigenvalue weighted by molar-refractivity contribution is -0.146. The van der Waals surface area contributed by atoms with Gasteiger partial charge in [-0.15, -0.1) is 0 Å². The average molecular weight is 479 g/mol. The number of ether oxygens (including phenoxy) is 2. The number of hydrogen-bond acceptors (Lipinski definition) is 4. The van der Waals surface area contributed by atoms with Crippen molar-refractivity contribution >= 4 is 22.5 Å². The molecule has 0 N–H and O–H groups in total. The lowest BCUT2D eigenvalue weighted by Crippen LogP contribution is -2.18. The second kappa shape index (κ2) is 12.6. The molecule has 4 heteroatoms. The van der Waals surface area contributed by atoms with E-state index in [2.05, 4.69) is 6.07 Å². The highest BCUT2D eigenvalue weighted by Crippen LogP contribution is 2.40. The Bertz CT molecular complexity index is 991. The van der Waals surface area contributed by atoms with Gasteiger partial charge in [0.05, 0.1) is 25.2 Å². The Hall–Kier alpha value is -2.36. The van der Waals surface area contributed by atoms with Crippen LogP contribution in [0.4, 0.5) is 0 Å². The van der Waals surface area contributed by atoms with Crippen LogP contribution in [0.5, 0.6) is 5.75 Å². The molecule has 2 aromatic rings. The molecule has 3 atom stereocenters. The Morgan fingerprint density at radius 3 is 2.46 bits per heavy atom. The molecule has 0 aliphatic heterocycles. The van der Waals surface area contributed by atoms with Gasteiger partial charge in [-0.25, -0.2) is 0 Å². The highest BCUT2D eigenvalue weighted by atomic mass is 16.5. The van der Waals surface area contributed by atoms with E-state index in [1.807, 2.05) is 37.3 Å². The third-order valence-electron chi connectivity index (χ3n) is 8.38. The Kier molecular flexibility index (Phi) is 9.23. The van der Waals surface area contributed by atoms with Crippen LogP contribution in [0.15, 0.2) is 36.4 Å². The lowest BCUT2D eigenvalue weighted by atomic mass is 9.78. The van der Waals surface area contributed by atoms with E-state index in [0.717, 1.165) is 48.8 Å². The Balaban J connectivity index is 1.46. The number of carbonyl (C=O) groups excluding carboxylic acids is 2. The second-order valence-electron chi connectivity index (χ2n) is 10.8. The summed E-state index contributed by atoms with van der Waals surface area (Å²) in [6, 6.07) is 12.0. The van der Waals surface area contributed by atoms with Gasteiger partial charge in [-0.3, -0.25) is 9.59 Å². The van der Waals surface area contributed by atoms with Crippen LogP contribution in [0.3, 0.4) is 0 Å². The molecule has 4 rings (SSSR count). The molecule has 2 fully saturated rings. The van der Waals surface area contributed by atoms with Crippen LogP contribution >= 0.6 is 0 Å². The first-order valence-corrected chi connectivity index (χ1v) is 13.8. The molecule has 0 radical (unpaired) electrons. The third-order valence-corrected chi connectivity index (χ3v) is 8.38. The van der Waals surface area contributed by atoms with Crippen molar-refractivity contribution in [3.05, 3.63) is 42.0 Å². The lowest BCUT2D eigenvalue weighted by Gasteiger charge is -2.27. The Morgan fingerprint density at radius 1 is 0.886 bits per heavy atom. The molecule has 0 heterocycles. The van der Waals surface area contributed by atoms with Gasteiger partial charge in [-0.05, 0) is 74.7 Å². The van der Waals surface area contributed by atoms with Crippen LogP contribution in [0, 0.1) is 23.7 Å². The molecule has 2 saturated carbocycles. The zero-order valence-electron chi connectivity index (χ0n) is 21.6. The van der Waals surface area contributed by atoms with Crippen LogP contribution in [0.25, 0.3) is 10.8 Å². The summed E-state index contributed by atoms with van der Waals surface area (Å²) in [7, 11) is 1.50. The van der Waals surface area contributed by atoms with Gasteiger partial charge < -0.3 is 9.47 Å². The SMILES string of the molecule is CCOc1c(C(=O)CC[C@H]2C[C@H](CC3CCCCC3)CC[C@H](C(=O)OC)C2)ccc2ccccc12. The van der Waals surface area contributed by atoms with E-state index in [0.29, 0.717) is 36.2 Å². The molecule has 190 valence electrons. The summed E-state index contributed by atoms with van der Waals surface area (Å²) in [6.07, 6.45) is 13.5. The summed E-state index contributed by atoms with van der Waals surface area (Å²) in [5.74, 6) is 2.63. The van der Waals surface area contributed by atoms with Crippen molar-refractivity contribution in [2.75, 3.05) is 13.7 Å². The van der Waals surface area contributed by atoms with Gasteiger partial charge in [-0.1, -0.05) is 62.4 Å². The van der Waals surface area contributed by atoms with E-state index >= 15 is 0 Å². The van der Waals surface area contributed by atoms with Gasteiger partial charge >= 0.3 is 5.97 Å². The third kappa shape index (κ3) is 6.65. The molecule has 4 nitrogen and oxygen atoms in total. The molecule has 0 spiro atoms. The number of fused-ring (bicyclic) bond motifs is 1. The van der Waals surface area contributed by atoms with Crippen molar-refractivity contribution in [3.63, 3.8) is 0 Å². The minimum atomic E-state index is -0.0761. The standard InChI is InChI=1S/C31H42O4/c1-3-35-30-27-12-8-7-11-25(27)16-17-28(30)29(32)18-14-24-20-23(19-22-9-5-4-6-10-22)13-15-26(21-24)31(33)34-2/h7-8,11-12,16-17,22-24,26H,3-6,9-10,13-15,18-21H2,1-2H3/t23-,24-,26-/m0/s1. The molecule has 0 unspecified atom stereocenters. The molecule has 0 aromatic heterocycles. The summed E-state index contributed by atoms with van der Waals surface area (Å²) in [5, 5.41) is 2.08. The largest absolute Gasteiger partial charge is 0.492 e. The van der Waals surface area contributed by atoms with Crippen LogP contribution in [-0.2, 0) is 9.53 Å². The maximum absolute atomic E-state index is 13.4. The fraction of sp³-hybridized carbons (Fsp3) is 0.613. The molecule has 0 bridgehead atoms. The van der Waals surface area contributed by atoms with E-state index in [-0.39, 0.29) is 17.7 Å². The van der Waals surface area contributed by atoms with Gasteiger partial charge in [-0.2, -0.15) is 0 Å². The van der Waals surface area contributed by atoms with Crippen molar-refractivity contribution in [3.8, 4) is 5.75 Å². The highest BCUT2D eigenvalue weighted by Gasteiger charge is 2.32. The molecule has 0 saturated heterocycles. The summed E-state index contributed by atoms with van der Waals surface area (Å²) in [4.78, 5) is 25.9. The predicted molar refractivity (Wildman–Crippen MR) is 141 cm³/mol. The number of Topliss-reactive ketones (excluding diaryl/α,β-unsaturated/α-hetero) is 1. The van der Waals surface area contributed by atoms with Crippen LogP contribution in [0.1, 0.15) is 94.3 Å². The molecular weight excluding hydrogens is 436 g/mol.